The van der Waals surface area contributed by atoms with E-state index in [1.165, 1.54) is 36.4 Å². The van der Waals surface area contributed by atoms with Crippen LogP contribution in [0.4, 0.5) is 18.9 Å². The largest absolute Gasteiger partial charge is 0.325 e. The van der Waals surface area contributed by atoms with Gasteiger partial charge >= 0.3 is 0 Å². The standard InChI is InChI=1S/C23H15ClF3N3O2/c24-20-10-19(5-6-21(20)27)29-22(31)13-30(12-15-7-17(25)9-18(26)8-15)23(32)16-3-1-14(11-28)2-4-16/h1-10H,12-13H2,(H,29,31). The van der Waals surface area contributed by atoms with Crippen molar-refractivity contribution < 1.29 is 22.8 Å². The molecule has 1 N–H and O–H groups in total. The number of hydrogen-bond donors (Lipinski definition) is 1. The highest BCUT2D eigenvalue weighted by molar-refractivity contribution is 6.31. The third-order valence-electron chi connectivity index (χ3n) is 4.38. The summed E-state index contributed by atoms with van der Waals surface area (Å²) in [5, 5.41) is 11.2. The van der Waals surface area contributed by atoms with Crippen molar-refractivity contribution in [3.05, 3.63) is 99.8 Å². The minimum atomic E-state index is -0.823. The number of nitrogens with zero attached hydrogens (tertiary/aromatic N) is 2. The van der Waals surface area contributed by atoms with Crippen LogP contribution in [-0.2, 0) is 11.3 Å². The molecule has 0 spiro atoms. The maximum atomic E-state index is 13.6. The van der Waals surface area contributed by atoms with Gasteiger partial charge in [0, 0.05) is 23.9 Å². The second-order valence-electron chi connectivity index (χ2n) is 6.81. The van der Waals surface area contributed by atoms with Crippen LogP contribution in [0.5, 0.6) is 0 Å². The van der Waals surface area contributed by atoms with E-state index in [1.807, 2.05) is 6.07 Å². The van der Waals surface area contributed by atoms with E-state index in [4.69, 9.17) is 16.9 Å². The third-order valence-corrected chi connectivity index (χ3v) is 4.67. The van der Waals surface area contributed by atoms with Gasteiger partial charge in [-0.1, -0.05) is 11.6 Å². The molecule has 3 aromatic carbocycles. The number of benzene rings is 3. The molecular weight excluding hydrogens is 443 g/mol. The molecule has 0 heterocycles. The Morgan fingerprint density at radius 1 is 0.969 bits per heavy atom. The van der Waals surface area contributed by atoms with Gasteiger partial charge in [-0.05, 0) is 60.2 Å². The number of hydrogen-bond acceptors (Lipinski definition) is 3. The van der Waals surface area contributed by atoms with E-state index in [1.54, 1.807) is 0 Å². The van der Waals surface area contributed by atoms with E-state index in [9.17, 15) is 22.8 Å². The first-order chi connectivity index (χ1) is 15.2. The summed E-state index contributed by atoms with van der Waals surface area (Å²) < 4.78 is 40.5. The lowest BCUT2D eigenvalue weighted by Crippen LogP contribution is -2.37. The number of anilines is 1. The molecule has 0 bridgehead atoms. The molecule has 0 fully saturated rings. The van der Waals surface area contributed by atoms with E-state index < -0.39 is 35.8 Å². The van der Waals surface area contributed by atoms with Crippen LogP contribution in [0.25, 0.3) is 0 Å². The Morgan fingerprint density at radius 3 is 2.22 bits per heavy atom. The highest BCUT2D eigenvalue weighted by atomic mass is 35.5. The lowest BCUT2D eigenvalue weighted by Gasteiger charge is -2.23. The molecule has 0 aliphatic heterocycles. The molecule has 162 valence electrons. The Bertz CT molecular complexity index is 1190. The molecule has 0 unspecified atom stereocenters. The highest BCUT2D eigenvalue weighted by Gasteiger charge is 2.20. The second-order valence-corrected chi connectivity index (χ2v) is 7.21. The molecule has 9 heteroatoms. The predicted molar refractivity (Wildman–Crippen MR) is 112 cm³/mol. The first-order valence-electron chi connectivity index (χ1n) is 9.24. The van der Waals surface area contributed by atoms with E-state index in [0.717, 1.165) is 23.1 Å². The lowest BCUT2D eigenvalue weighted by molar-refractivity contribution is -0.117. The van der Waals surface area contributed by atoms with Crippen LogP contribution in [-0.4, -0.2) is 23.3 Å². The monoisotopic (exact) mass is 457 g/mol. The average Bonchev–Trinajstić information content (AvgIpc) is 2.74. The zero-order chi connectivity index (χ0) is 23.3. The van der Waals surface area contributed by atoms with Crippen molar-refractivity contribution in [1.82, 2.24) is 4.90 Å². The van der Waals surface area contributed by atoms with Gasteiger partial charge in [0.2, 0.25) is 5.91 Å². The van der Waals surface area contributed by atoms with Gasteiger partial charge < -0.3 is 10.2 Å². The van der Waals surface area contributed by atoms with Crippen LogP contribution in [0.3, 0.4) is 0 Å². The fraction of sp³-hybridized carbons (Fsp3) is 0.0870. The molecule has 3 rings (SSSR count). The van der Waals surface area contributed by atoms with Crippen LogP contribution in [0.2, 0.25) is 5.02 Å². The Hall–Kier alpha value is -3.83. The van der Waals surface area contributed by atoms with Crippen molar-refractivity contribution in [2.45, 2.75) is 6.54 Å². The van der Waals surface area contributed by atoms with Gasteiger partial charge in [0.1, 0.15) is 24.0 Å². The first kappa shape index (κ1) is 22.8. The summed E-state index contributed by atoms with van der Waals surface area (Å²) in [6.07, 6.45) is 0. The van der Waals surface area contributed by atoms with E-state index in [-0.39, 0.29) is 28.4 Å². The van der Waals surface area contributed by atoms with Crippen molar-refractivity contribution >= 4 is 29.1 Å². The maximum absolute atomic E-state index is 13.6. The van der Waals surface area contributed by atoms with Gasteiger partial charge in [0.05, 0.1) is 16.7 Å². The van der Waals surface area contributed by atoms with Gasteiger partial charge in [0.25, 0.3) is 5.91 Å². The third kappa shape index (κ3) is 5.86. The van der Waals surface area contributed by atoms with Crippen molar-refractivity contribution in [2.24, 2.45) is 0 Å². The summed E-state index contributed by atoms with van der Waals surface area (Å²) in [4.78, 5) is 26.6. The van der Waals surface area contributed by atoms with Crippen molar-refractivity contribution in [3.63, 3.8) is 0 Å². The van der Waals surface area contributed by atoms with E-state index in [0.29, 0.717) is 11.6 Å². The minimum Gasteiger partial charge on any atom is -0.325 e. The molecule has 5 nitrogen and oxygen atoms in total. The van der Waals surface area contributed by atoms with Crippen LogP contribution < -0.4 is 5.32 Å². The van der Waals surface area contributed by atoms with Crippen LogP contribution in [0.1, 0.15) is 21.5 Å². The minimum absolute atomic E-state index is 0.141. The quantitative estimate of drug-likeness (QED) is 0.571. The van der Waals surface area contributed by atoms with Gasteiger partial charge in [-0.15, -0.1) is 0 Å². The van der Waals surface area contributed by atoms with Gasteiger partial charge in [0.15, 0.2) is 0 Å². The van der Waals surface area contributed by atoms with Crippen molar-refractivity contribution in [2.75, 3.05) is 11.9 Å². The number of amides is 2. The summed E-state index contributed by atoms with van der Waals surface area (Å²) in [7, 11) is 0. The van der Waals surface area contributed by atoms with Crippen molar-refractivity contribution in [3.8, 4) is 6.07 Å². The summed E-state index contributed by atoms with van der Waals surface area (Å²) in [5.74, 6) is -3.53. The number of rotatable bonds is 6. The Balaban J connectivity index is 1.84. The fourth-order valence-electron chi connectivity index (χ4n) is 2.94. The Labute approximate surface area is 186 Å². The molecule has 32 heavy (non-hydrogen) atoms. The number of carbonyl (C=O) groups is 2. The lowest BCUT2D eigenvalue weighted by atomic mass is 10.1. The Kier molecular flexibility index (Phi) is 7.13. The molecule has 0 aromatic heterocycles. The predicted octanol–water partition coefficient (Wildman–Crippen LogP) is 4.91. The molecule has 3 aromatic rings. The highest BCUT2D eigenvalue weighted by Crippen LogP contribution is 2.20. The van der Waals surface area contributed by atoms with Gasteiger partial charge in [-0.25, -0.2) is 13.2 Å². The zero-order valence-electron chi connectivity index (χ0n) is 16.4. The fourth-order valence-corrected chi connectivity index (χ4v) is 3.12. The molecular formula is C23H15ClF3N3O2. The number of carbonyl (C=O) groups excluding carboxylic acids is 2. The number of halogens is 4. The Morgan fingerprint density at radius 2 is 1.62 bits per heavy atom. The van der Waals surface area contributed by atoms with Crippen LogP contribution >= 0.6 is 11.6 Å². The number of nitriles is 1. The summed E-state index contributed by atoms with van der Waals surface area (Å²) in [5.41, 5.74) is 0.871. The molecule has 0 radical (unpaired) electrons. The molecule has 2 amide bonds. The van der Waals surface area contributed by atoms with Crippen LogP contribution in [0, 0.1) is 28.8 Å². The molecule has 0 atom stereocenters. The topological polar surface area (TPSA) is 73.2 Å². The first-order valence-corrected chi connectivity index (χ1v) is 9.62. The average molecular weight is 458 g/mol. The van der Waals surface area contributed by atoms with E-state index >= 15 is 0 Å². The molecule has 0 aliphatic rings. The smallest absolute Gasteiger partial charge is 0.254 e. The second kappa shape index (κ2) is 9.98. The van der Waals surface area contributed by atoms with Crippen molar-refractivity contribution in [1.29, 1.82) is 5.26 Å². The molecule has 0 saturated carbocycles. The maximum Gasteiger partial charge on any atom is 0.254 e. The molecule has 0 saturated heterocycles. The van der Waals surface area contributed by atoms with Gasteiger partial charge in [-0.3, -0.25) is 9.59 Å². The van der Waals surface area contributed by atoms with Crippen LogP contribution in [0.15, 0.2) is 60.7 Å². The van der Waals surface area contributed by atoms with Gasteiger partial charge in [-0.2, -0.15) is 5.26 Å². The normalized spacial score (nSPS) is 10.3. The summed E-state index contributed by atoms with van der Waals surface area (Å²) in [6.45, 7) is -0.725. The summed E-state index contributed by atoms with van der Waals surface area (Å²) >= 11 is 5.71. The molecule has 0 aliphatic carbocycles. The SMILES string of the molecule is N#Cc1ccc(C(=O)N(CC(=O)Nc2ccc(F)c(Cl)c2)Cc2cc(F)cc(F)c2)cc1. The summed E-state index contributed by atoms with van der Waals surface area (Å²) in [6, 6.07) is 14.0. The van der Waals surface area contributed by atoms with E-state index in [2.05, 4.69) is 5.32 Å². The number of nitrogens with one attached hydrogen (secondary N) is 1. The zero-order valence-corrected chi connectivity index (χ0v) is 17.2.